The van der Waals surface area contributed by atoms with Gasteiger partial charge in [0.1, 0.15) is 5.75 Å². The van der Waals surface area contributed by atoms with Crippen LogP contribution in [0.15, 0.2) is 29.3 Å². The van der Waals surface area contributed by atoms with E-state index < -0.39 is 0 Å². The van der Waals surface area contributed by atoms with Gasteiger partial charge in [-0.05, 0) is 62.9 Å². The molecule has 150 valence electrons. The van der Waals surface area contributed by atoms with Crippen molar-refractivity contribution in [3.63, 3.8) is 0 Å². The number of aliphatic imine (C=N–C) groups is 1. The molecule has 1 spiro atoms. The van der Waals surface area contributed by atoms with Crippen LogP contribution in [0.5, 0.6) is 5.75 Å². The normalized spacial score (nSPS) is 19.3. The van der Waals surface area contributed by atoms with Gasteiger partial charge in [-0.3, -0.25) is 4.99 Å². The number of hydrogen-bond acceptors (Lipinski definition) is 3. The smallest absolute Gasteiger partial charge is 0.193 e. The van der Waals surface area contributed by atoms with Gasteiger partial charge in [0.25, 0.3) is 0 Å². The molecule has 1 saturated carbocycles. The van der Waals surface area contributed by atoms with Gasteiger partial charge in [0.05, 0.1) is 6.61 Å². The van der Waals surface area contributed by atoms with Crippen LogP contribution in [0.1, 0.15) is 44.1 Å². The molecule has 0 unspecified atom stereocenters. The molecule has 5 heteroatoms. The van der Waals surface area contributed by atoms with E-state index in [9.17, 15) is 0 Å². The standard InChI is InChI=1S/C22H36N4O/c1-23-21(26-15-13-22(18-26)11-4-5-12-22)24-17-19-7-9-20(10-8-19)27-16-6-14-25(2)3/h7-10H,4-6,11-18H2,1-3H3,(H,23,24). The number of benzene rings is 1. The topological polar surface area (TPSA) is 40.1 Å². The number of likely N-dealkylation sites (tertiary alicyclic amines) is 1. The molecule has 3 rings (SSSR count). The van der Waals surface area contributed by atoms with Crippen LogP contribution < -0.4 is 10.1 Å². The van der Waals surface area contributed by atoms with Crippen molar-refractivity contribution in [3.8, 4) is 5.75 Å². The highest BCUT2D eigenvalue weighted by atomic mass is 16.5. The fourth-order valence-corrected chi connectivity index (χ4v) is 4.44. The molecule has 0 atom stereocenters. The maximum atomic E-state index is 5.81. The van der Waals surface area contributed by atoms with Crippen molar-refractivity contribution in [1.29, 1.82) is 0 Å². The Morgan fingerprint density at radius 1 is 1.19 bits per heavy atom. The fourth-order valence-electron chi connectivity index (χ4n) is 4.44. The lowest BCUT2D eigenvalue weighted by Gasteiger charge is -2.26. The predicted molar refractivity (Wildman–Crippen MR) is 112 cm³/mol. The molecule has 2 aliphatic rings. The van der Waals surface area contributed by atoms with Crippen LogP contribution in [-0.4, -0.2) is 63.1 Å². The number of ether oxygens (including phenoxy) is 1. The second-order valence-corrected chi connectivity index (χ2v) is 8.43. The SMILES string of the molecule is CN=C(NCc1ccc(OCCCN(C)C)cc1)N1CCC2(CCCC2)C1. The maximum Gasteiger partial charge on any atom is 0.193 e. The number of guanidine groups is 1. The maximum absolute atomic E-state index is 5.81. The van der Waals surface area contributed by atoms with Crippen LogP contribution in [0.4, 0.5) is 0 Å². The molecule has 1 aliphatic heterocycles. The number of nitrogens with zero attached hydrogens (tertiary/aromatic N) is 3. The highest BCUT2D eigenvalue weighted by molar-refractivity contribution is 5.80. The minimum absolute atomic E-state index is 0.573. The van der Waals surface area contributed by atoms with E-state index in [1.165, 1.54) is 44.2 Å². The summed E-state index contributed by atoms with van der Waals surface area (Å²) in [6.07, 6.45) is 7.98. The van der Waals surface area contributed by atoms with Crippen molar-refractivity contribution in [3.05, 3.63) is 29.8 Å². The van der Waals surface area contributed by atoms with Crippen molar-refractivity contribution >= 4 is 5.96 Å². The van der Waals surface area contributed by atoms with E-state index in [0.717, 1.165) is 44.4 Å². The summed E-state index contributed by atoms with van der Waals surface area (Å²) < 4.78 is 5.81. The van der Waals surface area contributed by atoms with Crippen LogP contribution in [-0.2, 0) is 6.54 Å². The Bertz CT molecular complexity index is 605. The Balaban J connectivity index is 1.43. The summed E-state index contributed by atoms with van der Waals surface area (Å²) in [5, 5.41) is 3.55. The molecule has 2 fully saturated rings. The largest absolute Gasteiger partial charge is 0.494 e. The fraction of sp³-hybridized carbons (Fsp3) is 0.682. The van der Waals surface area contributed by atoms with Crippen LogP contribution in [0, 0.1) is 5.41 Å². The van der Waals surface area contributed by atoms with E-state index in [-0.39, 0.29) is 0 Å². The van der Waals surface area contributed by atoms with Gasteiger partial charge in [-0.2, -0.15) is 0 Å². The third-order valence-corrected chi connectivity index (χ3v) is 6.01. The summed E-state index contributed by atoms with van der Waals surface area (Å²) >= 11 is 0. The molecule has 0 bridgehead atoms. The monoisotopic (exact) mass is 372 g/mol. The molecular weight excluding hydrogens is 336 g/mol. The van der Waals surface area contributed by atoms with Crippen LogP contribution >= 0.6 is 0 Å². The summed E-state index contributed by atoms with van der Waals surface area (Å²) in [5.74, 6) is 1.99. The second-order valence-electron chi connectivity index (χ2n) is 8.43. The molecule has 0 aromatic heterocycles. The van der Waals surface area contributed by atoms with Crippen molar-refractivity contribution in [1.82, 2.24) is 15.1 Å². The summed E-state index contributed by atoms with van der Waals surface area (Å²) in [4.78, 5) is 9.16. The molecule has 1 saturated heterocycles. The zero-order chi connectivity index (χ0) is 19.1. The molecule has 27 heavy (non-hydrogen) atoms. The first kappa shape index (κ1) is 20.0. The third-order valence-electron chi connectivity index (χ3n) is 6.01. The quantitative estimate of drug-likeness (QED) is 0.453. The van der Waals surface area contributed by atoms with Crippen molar-refractivity contribution in [2.45, 2.75) is 45.1 Å². The van der Waals surface area contributed by atoms with Gasteiger partial charge in [0.2, 0.25) is 0 Å². The molecule has 1 aromatic rings. The lowest BCUT2D eigenvalue weighted by molar-refractivity contribution is 0.281. The molecular formula is C22H36N4O. The summed E-state index contributed by atoms with van der Waals surface area (Å²) in [6.45, 7) is 4.93. The van der Waals surface area contributed by atoms with Crippen molar-refractivity contribution < 1.29 is 4.74 Å². The number of hydrogen-bond donors (Lipinski definition) is 1. The van der Waals surface area contributed by atoms with Gasteiger partial charge in [-0.15, -0.1) is 0 Å². The first-order valence-corrected chi connectivity index (χ1v) is 10.4. The van der Waals surface area contributed by atoms with E-state index in [4.69, 9.17) is 4.74 Å². The van der Waals surface area contributed by atoms with Gasteiger partial charge in [0.15, 0.2) is 5.96 Å². The Labute approximate surface area is 164 Å². The third kappa shape index (κ3) is 5.61. The number of nitrogens with one attached hydrogen (secondary N) is 1. The van der Waals surface area contributed by atoms with Gasteiger partial charge in [0, 0.05) is 33.2 Å². The Morgan fingerprint density at radius 2 is 1.93 bits per heavy atom. The van der Waals surface area contributed by atoms with Crippen molar-refractivity contribution in [2.24, 2.45) is 10.4 Å². The Hall–Kier alpha value is -1.75. The Morgan fingerprint density at radius 3 is 2.59 bits per heavy atom. The van der Waals surface area contributed by atoms with E-state index >= 15 is 0 Å². The van der Waals surface area contributed by atoms with Crippen molar-refractivity contribution in [2.75, 3.05) is 47.4 Å². The van der Waals surface area contributed by atoms with E-state index in [0.29, 0.717) is 5.41 Å². The molecule has 1 aromatic carbocycles. The van der Waals surface area contributed by atoms with Gasteiger partial charge < -0.3 is 19.9 Å². The summed E-state index contributed by atoms with van der Waals surface area (Å²) in [5.41, 5.74) is 1.83. The van der Waals surface area contributed by atoms with E-state index in [2.05, 4.69) is 58.5 Å². The zero-order valence-corrected chi connectivity index (χ0v) is 17.3. The van der Waals surface area contributed by atoms with Crippen LogP contribution in [0.3, 0.4) is 0 Å². The van der Waals surface area contributed by atoms with Gasteiger partial charge in [-0.25, -0.2) is 0 Å². The lowest BCUT2D eigenvalue weighted by Crippen LogP contribution is -2.40. The molecule has 0 radical (unpaired) electrons. The average molecular weight is 373 g/mol. The zero-order valence-electron chi connectivity index (χ0n) is 17.3. The van der Waals surface area contributed by atoms with Gasteiger partial charge in [-0.1, -0.05) is 25.0 Å². The molecule has 1 aliphatic carbocycles. The first-order valence-electron chi connectivity index (χ1n) is 10.4. The number of rotatable bonds is 7. The molecule has 1 N–H and O–H groups in total. The highest BCUT2D eigenvalue weighted by Crippen LogP contribution is 2.45. The van der Waals surface area contributed by atoms with Gasteiger partial charge >= 0.3 is 0 Å². The van der Waals surface area contributed by atoms with E-state index in [1.807, 2.05) is 7.05 Å². The Kier molecular flexibility index (Phi) is 7.00. The first-order chi connectivity index (χ1) is 13.1. The van der Waals surface area contributed by atoms with Crippen LogP contribution in [0.25, 0.3) is 0 Å². The summed E-state index contributed by atoms with van der Waals surface area (Å²) in [6, 6.07) is 8.42. The molecule has 5 nitrogen and oxygen atoms in total. The second kappa shape index (κ2) is 9.45. The summed E-state index contributed by atoms with van der Waals surface area (Å²) in [7, 11) is 6.07. The highest BCUT2D eigenvalue weighted by Gasteiger charge is 2.40. The lowest BCUT2D eigenvalue weighted by atomic mass is 9.86. The molecule has 1 heterocycles. The van der Waals surface area contributed by atoms with E-state index in [1.54, 1.807) is 0 Å². The molecule has 0 amide bonds. The minimum atomic E-state index is 0.573. The van der Waals surface area contributed by atoms with Crippen LogP contribution in [0.2, 0.25) is 0 Å². The minimum Gasteiger partial charge on any atom is -0.494 e. The predicted octanol–water partition coefficient (Wildman–Crippen LogP) is 3.36. The average Bonchev–Trinajstić information content (AvgIpc) is 3.30.